The number of carbonyl (C=O) groups excluding carboxylic acids is 1. The first-order valence-electron chi connectivity index (χ1n) is 7.89. The van der Waals surface area contributed by atoms with Crippen LogP contribution in [0.25, 0.3) is 0 Å². The van der Waals surface area contributed by atoms with Crippen molar-refractivity contribution < 1.29 is 4.79 Å². The van der Waals surface area contributed by atoms with Gasteiger partial charge in [-0.2, -0.15) is 0 Å². The van der Waals surface area contributed by atoms with Gasteiger partial charge in [-0.05, 0) is 38.6 Å². The highest BCUT2D eigenvalue weighted by molar-refractivity contribution is 5.80. The standard InChI is InChI=1S/C15H26N2O/c18-15(12-5-3-1-2-4-6-12)17-13-7-8-14(17)11-16-10-9-13/h12-14,16H,1-11H2. The van der Waals surface area contributed by atoms with Gasteiger partial charge in [0.2, 0.25) is 5.91 Å². The maximum absolute atomic E-state index is 12.8. The van der Waals surface area contributed by atoms with Crippen LogP contribution in [0.1, 0.15) is 57.8 Å². The van der Waals surface area contributed by atoms with E-state index in [1.165, 1.54) is 38.5 Å². The Bertz CT molecular complexity index is 283. The molecule has 3 heteroatoms. The van der Waals surface area contributed by atoms with Crippen molar-refractivity contribution in [2.24, 2.45) is 5.92 Å². The lowest BCUT2D eigenvalue weighted by molar-refractivity contribution is -0.138. The second-order valence-corrected chi connectivity index (χ2v) is 6.31. The predicted octanol–water partition coefficient (Wildman–Crippen LogP) is 2.31. The molecule has 1 N–H and O–H groups in total. The van der Waals surface area contributed by atoms with E-state index in [0.717, 1.165) is 32.4 Å². The zero-order valence-corrected chi connectivity index (χ0v) is 11.4. The minimum atomic E-state index is 0.341. The van der Waals surface area contributed by atoms with E-state index < -0.39 is 0 Å². The SMILES string of the molecule is O=C(C1CCCCCC1)N1C2CCNCC1CC2. The molecule has 0 radical (unpaired) electrons. The zero-order valence-electron chi connectivity index (χ0n) is 11.4. The number of hydrogen-bond donors (Lipinski definition) is 1. The molecule has 3 aliphatic rings. The smallest absolute Gasteiger partial charge is 0.226 e. The van der Waals surface area contributed by atoms with Crippen molar-refractivity contribution in [2.45, 2.75) is 69.9 Å². The van der Waals surface area contributed by atoms with Gasteiger partial charge in [-0.15, -0.1) is 0 Å². The monoisotopic (exact) mass is 250 g/mol. The molecule has 3 nitrogen and oxygen atoms in total. The van der Waals surface area contributed by atoms with E-state index in [1.54, 1.807) is 0 Å². The molecule has 1 amide bonds. The van der Waals surface area contributed by atoms with Crippen LogP contribution in [0.5, 0.6) is 0 Å². The van der Waals surface area contributed by atoms with Crippen LogP contribution in [0.4, 0.5) is 0 Å². The molecule has 2 atom stereocenters. The van der Waals surface area contributed by atoms with Gasteiger partial charge in [-0.1, -0.05) is 25.7 Å². The Kier molecular flexibility index (Phi) is 3.88. The maximum Gasteiger partial charge on any atom is 0.226 e. The molecule has 3 fully saturated rings. The van der Waals surface area contributed by atoms with Crippen LogP contribution < -0.4 is 5.32 Å². The van der Waals surface area contributed by atoms with Crippen LogP contribution in [-0.4, -0.2) is 36.0 Å². The molecule has 0 aromatic rings. The molecule has 0 aromatic carbocycles. The lowest BCUT2D eigenvalue weighted by Crippen LogP contribution is -2.45. The number of nitrogens with one attached hydrogen (secondary N) is 1. The third-order valence-corrected chi connectivity index (χ3v) is 5.11. The van der Waals surface area contributed by atoms with Crippen molar-refractivity contribution in [3.63, 3.8) is 0 Å². The van der Waals surface area contributed by atoms with E-state index in [9.17, 15) is 4.79 Å². The van der Waals surface area contributed by atoms with E-state index in [4.69, 9.17) is 0 Å². The van der Waals surface area contributed by atoms with Crippen LogP contribution in [0, 0.1) is 5.92 Å². The molecule has 2 saturated heterocycles. The fourth-order valence-electron chi connectivity index (χ4n) is 4.08. The van der Waals surface area contributed by atoms with Gasteiger partial charge in [-0.3, -0.25) is 4.79 Å². The Labute approximate surface area is 110 Å². The molecular weight excluding hydrogens is 224 g/mol. The fraction of sp³-hybridized carbons (Fsp3) is 0.933. The molecule has 1 aliphatic carbocycles. The quantitative estimate of drug-likeness (QED) is 0.724. The van der Waals surface area contributed by atoms with Crippen molar-refractivity contribution in [2.75, 3.05) is 13.1 Å². The minimum absolute atomic E-state index is 0.341. The molecule has 2 unspecified atom stereocenters. The summed E-state index contributed by atoms with van der Waals surface area (Å²) in [5.41, 5.74) is 0. The number of nitrogens with zero attached hydrogens (tertiary/aromatic N) is 1. The van der Waals surface area contributed by atoms with Gasteiger partial charge in [0.1, 0.15) is 0 Å². The summed E-state index contributed by atoms with van der Waals surface area (Å²) in [6.07, 6.45) is 11.1. The van der Waals surface area contributed by atoms with E-state index >= 15 is 0 Å². The largest absolute Gasteiger partial charge is 0.335 e. The van der Waals surface area contributed by atoms with Gasteiger partial charge in [-0.25, -0.2) is 0 Å². The van der Waals surface area contributed by atoms with Gasteiger partial charge in [0.15, 0.2) is 0 Å². The minimum Gasteiger partial charge on any atom is -0.335 e. The van der Waals surface area contributed by atoms with Crippen molar-refractivity contribution in [3.05, 3.63) is 0 Å². The van der Waals surface area contributed by atoms with Crippen LogP contribution in [-0.2, 0) is 4.79 Å². The number of hydrogen-bond acceptors (Lipinski definition) is 2. The number of amides is 1. The normalized spacial score (nSPS) is 34.1. The topological polar surface area (TPSA) is 32.3 Å². The van der Waals surface area contributed by atoms with Crippen molar-refractivity contribution in [3.8, 4) is 0 Å². The molecule has 3 rings (SSSR count). The molecule has 2 heterocycles. The molecule has 102 valence electrons. The summed E-state index contributed by atoms with van der Waals surface area (Å²) in [7, 11) is 0. The zero-order chi connectivity index (χ0) is 12.4. The number of fused-ring (bicyclic) bond motifs is 2. The highest BCUT2D eigenvalue weighted by Crippen LogP contribution is 2.32. The maximum atomic E-state index is 12.8. The first-order chi connectivity index (χ1) is 8.86. The van der Waals surface area contributed by atoms with Crippen LogP contribution in [0.15, 0.2) is 0 Å². The molecule has 0 spiro atoms. The van der Waals surface area contributed by atoms with E-state index in [1.807, 2.05) is 0 Å². The fourth-order valence-corrected chi connectivity index (χ4v) is 4.08. The molecule has 0 aromatic heterocycles. The summed E-state index contributed by atoms with van der Waals surface area (Å²) in [4.78, 5) is 15.1. The van der Waals surface area contributed by atoms with Crippen LogP contribution >= 0.6 is 0 Å². The Morgan fingerprint density at radius 2 is 1.61 bits per heavy atom. The Morgan fingerprint density at radius 3 is 2.39 bits per heavy atom. The van der Waals surface area contributed by atoms with E-state index in [2.05, 4.69) is 10.2 Å². The van der Waals surface area contributed by atoms with Gasteiger partial charge < -0.3 is 10.2 Å². The summed E-state index contributed by atoms with van der Waals surface area (Å²) in [5, 5.41) is 3.48. The third-order valence-electron chi connectivity index (χ3n) is 5.11. The highest BCUT2D eigenvalue weighted by Gasteiger charge is 2.40. The first kappa shape index (κ1) is 12.5. The predicted molar refractivity (Wildman–Crippen MR) is 72.3 cm³/mol. The van der Waals surface area contributed by atoms with Gasteiger partial charge in [0.05, 0.1) is 0 Å². The van der Waals surface area contributed by atoms with Crippen molar-refractivity contribution in [1.29, 1.82) is 0 Å². The molecule has 1 saturated carbocycles. The summed E-state index contributed by atoms with van der Waals surface area (Å²) in [6, 6.07) is 1.04. The molecule has 18 heavy (non-hydrogen) atoms. The van der Waals surface area contributed by atoms with E-state index in [0.29, 0.717) is 23.9 Å². The first-order valence-corrected chi connectivity index (χ1v) is 7.89. The molecule has 2 bridgehead atoms. The summed E-state index contributed by atoms with van der Waals surface area (Å²) >= 11 is 0. The second kappa shape index (κ2) is 5.60. The average molecular weight is 250 g/mol. The lowest BCUT2D eigenvalue weighted by Gasteiger charge is -2.31. The Morgan fingerprint density at radius 1 is 0.889 bits per heavy atom. The average Bonchev–Trinajstić information content (AvgIpc) is 2.57. The Balaban J connectivity index is 1.70. The van der Waals surface area contributed by atoms with Crippen LogP contribution in [0.3, 0.4) is 0 Å². The lowest BCUT2D eigenvalue weighted by atomic mass is 9.97. The summed E-state index contributed by atoms with van der Waals surface area (Å²) < 4.78 is 0. The second-order valence-electron chi connectivity index (χ2n) is 6.31. The summed E-state index contributed by atoms with van der Waals surface area (Å²) in [6.45, 7) is 2.12. The Hall–Kier alpha value is -0.570. The van der Waals surface area contributed by atoms with Crippen molar-refractivity contribution in [1.82, 2.24) is 10.2 Å². The van der Waals surface area contributed by atoms with Gasteiger partial charge in [0, 0.05) is 24.5 Å². The van der Waals surface area contributed by atoms with Crippen molar-refractivity contribution >= 4 is 5.91 Å². The molecular formula is C15H26N2O. The summed E-state index contributed by atoms with van der Waals surface area (Å²) in [5.74, 6) is 0.835. The van der Waals surface area contributed by atoms with E-state index in [-0.39, 0.29) is 0 Å². The third kappa shape index (κ3) is 2.42. The number of carbonyl (C=O) groups is 1. The highest BCUT2D eigenvalue weighted by atomic mass is 16.2. The molecule has 2 aliphatic heterocycles. The number of rotatable bonds is 1. The van der Waals surface area contributed by atoms with Crippen LogP contribution in [0.2, 0.25) is 0 Å². The van der Waals surface area contributed by atoms with Gasteiger partial charge in [0.25, 0.3) is 0 Å². The van der Waals surface area contributed by atoms with Gasteiger partial charge >= 0.3 is 0 Å².